The van der Waals surface area contributed by atoms with E-state index in [1.807, 2.05) is 27.0 Å². The van der Waals surface area contributed by atoms with Gasteiger partial charge in [-0.3, -0.25) is 4.79 Å². The van der Waals surface area contributed by atoms with Crippen LogP contribution >= 0.6 is 0 Å². The molecule has 1 aromatic rings. The Labute approximate surface area is 108 Å². The molecule has 0 radical (unpaired) electrons. The Balaban J connectivity index is 2.64. The standard InChI is InChI=1S/C13H21N3O2/c1-4-16(8-9-18-5-2)13(17)12-7-6-11(14-3)10-15-12/h6-7,10,14H,4-5,8-9H2,1-3H3. The van der Waals surface area contributed by atoms with Crippen LogP contribution in [0.3, 0.4) is 0 Å². The predicted molar refractivity (Wildman–Crippen MR) is 71.9 cm³/mol. The summed E-state index contributed by atoms with van der Waals surface area (Å²) in [5.74, 6) is -0.0557. The lowest BCUT2D eigenvalue weighted by molar-refractivity contribution is 0.0664. The summed E-state index contributed by atoms with van der Waals surface area (Å²) in [4.78, 5) is 18.0. The summed E-state index contributed by atoms with van der Waals surface area (Å²) in [6.07, 6.45) is 1.66. The van der Waals surface area contributed by atoms with E-state index in [4.69, 9.17) is 4.74 Å². The molecule has 0 aliphatic heterocycles. The number of hydrogen-bond acceptors (Lipinski definition) is 4. The quantitative estimate of drug-likeness (QED) is 0.748. The minimum absolute atomic E-state index is 0.0557. The molecule has 5 nitrogen and oxygen atoms in total. The molecule has 0 aromatic carbocycles. The van der Waals surface area contributed by atoms with E-state index in [2.05, 4.69) is 10.3 Å². The van der Waals surface area contributed by atoms with Gasteiger partial charge in [0.15, 0.2) is 0 Å². The molecule has 5 heteroatoms. The van der Waals surface area contributed by atoms with Crippen molar-refractivity contribution in [3.8, 4) is 0 Å². The molecule has 0 bridgehead atoms. The lowest BCUT2D eigenvalue weighted by Crippen LogP contribution is -2.34. The van der Waals surface area contributed by atoms with Crippen molar-refractivity contribution in [3.05, 3.63) is 24.0 Å². The van der Waals surface area contributed by atoms with E-state index in [1.165, 1.54) is 0 Å². The number of hydrogen-bond donors (Lipinski definition) is 1. The Bertz CT molecular complexity index is 365. The third-order valence-electron chi connectivity index (χ3n) is 2.65. The molecule has 0 aliphatic rings. The van der Waals surface area contributed by atoms with Gasteiger partial charge in [0.2, 0.25) is 0 Å². The number of rotatable bonds is 7. The smallest absolute Gasteiger partial charge is 0.272 e. The minimum atomic E-state index is -0.0557. The fourth-order valence-electron chi connectivity index (χ4n) is 1.55. The Morgan fingerprint density at radius 3 is 2.72 bits per heavy atom. The number of anilines is 1. The second-order valence-electron chi connectivity index (χ2n) is 3.76. The molecule has 0 saturated heterocycles. The van der Waals surface area contributed by atoms with Crippen molar-refractivity contribution in [2.45, 2.75) is 13.8 Å². The van der Waals surface area contributed by atoms with Crippen LogP contribution in [0.1, 0.15) is 24.3 Å². The lowest BCUT2D eigenvalue weighted by atomic mass is 10.3. The Hall–Kier alpha value is -1.62. The summed E-state index contributed by atoms with van der Waals surface area (Å²) in [6, 6.07) is 3.58. The molecule has 1 heterocycles. The van der Waals surface area contributed by atoms with Crippen LogP contribution < -0.4 is 5.32 Å². The summed E-state index contributed by atoms with van der Waals surface area (Å²) in [5, 5.41) is 2.97. The number of amides is 1. The normalized spacial score (nSPS) is 10.2. The van der Waals surface area contributed by atoms with Crippen molar-refractivity contribution >= 4 is 11.6 Å². The molecular weight excluding hydrogens is 230 g/mol. The highest BCUT2D eigenvalue weighted by Crippen LogP contribution is 2.07. The van der Waals surface area contributed by atoms with Crippen molar-refractivity contribution in [3.63, 3.8) is 0 Å². The topological polar surface area (TPSA) is 54.5 Å². The van der Waals surface area contributed by atoms with Crippen LogP contribution in [-0.2, 0) is 4.74 Å². The zero-order valence-electron chi connectivity index (χ0n) is 11.3. The van der Waals surface area contributed by atoms with Crippen LogP contribution in [0.2, 0.25) is 0 Å². The van der Waals surface area contributed by atoms with Crippen LogP contribution in [0.4, 0.5) is 5.69 Å². The zero-order valence-corrected chi connectivity index (χ0v) is 11.3. The first-order chi connectivity index (χ1) is 8.72. The van der Waals surface area contributed by atoms with Gasteiger partial charge in [0.25, 0.3) is 5.91 Å². The molecule has 0 spiro atoms. The predicted octanol–water partition coefficient (Wildman–Crippen LogP) is 1.62. The molecule has 0 saturated carbocycles. The Kier molecular flexibility index (Phi) is 6.14. The molecule has 1 amide bonds. The second kappa shape index (κ2) is 7.66. The van der Waals surface area contributed by atoms with Crippen LogP contribution in [0.5, 0.6) is 0 Å². The average molecular weight is 251 g/mol. The fourth-order valence-corrected chi connectivity index (χ4v) is 1.55. The highest BCUT2D eigenvalue weighted by Gasteiger charge is 2.14. The molecule has 0 aliphatic carbocycles. The zero-order chi connectivity index (χ0) is 13.4. The molecular formula is C13H21N3O2. The number of nitrogens with one attached hydrogen (secondary N) is 1. The maximum atomic E-state index is 12.2. The Morgan fingerprint density at radius 1 is 1.44 bits per heavy atom. The summed E-state index contributed by atoms with van der Waals surface area (Å²) < 4.78 is 5.26. The highest BCUT2D eigenvalue weighted by molar-refractivity contribution is 5.92. The van der Waals surface area contributed by atoms with E-state index in [0.717, 1.165) is 5.69 Å². The summed E-state index contributed by atoms with van der Waals surface area (Å²) in [7, 11) is 1.82. The number of ether oxygens (including phenoxy) is 1. The van der Waals surface area contributed by atoms with Crippen molar-refractivity contribution in [2.24, 2.45) is 0 Å². The van der Waals surface area contributed by atoms with E-state index in [9.17, 15) is 4.79 Å². The molecule has 0 unspecified atom stereocenters. The van der Waals surface area contributed by atoms with Gasteiger partial charge in [-0.05, 0) is 26.0 Å². The second-order valence-corrected chi connectivity index (χ2v) is 3.76. The van der Waals surface area contributed by atoms with E-state index in [1.54, 1.807) is 17.2 Å². The lowest BCUT2D eigenvalue weighted by Gasteiger charge is -2.20. The number of aromatic nitrogens is 1. The third kappa shape index (κ3) is 4.00. The molecule has 18 heavy (non-hydrogen) atoms. The van der Waals surface area contributed by atoms with Crippen molar-refractivity contribution in [1.29, 1.82) is 0 Å². The van der Waals surface area contributed by atoms with Gasteiger partial charge >= 0.3 is 0 Å². The first kappa shape index (κ1) is 14.4. The van der Waals surface area contributed by atoms with Gasteiger partial charge in [0.1, 0.15) is 5.69 Å². The number of nitrogens with zero attached hydrogens (tertiary/aromatic N) is 2. The maximum Gasteiger partial charge on any atom is 0.272 e. The Morgan fingerprint density at radius 2 is 2.22 bits per heavy atom. The largest absolute Gasteiger partial charge is 0.387 e. The average Bonchev–Trinajstić information content (AvgIpc) is 2.43. The van der Waals surface area contributed by atoms with Gasteiger partial charge in [-0.1, -0.05) is 0 Å². The molecule has 1 aromatic heterocycles. The van der Waals surface area contributed by atoms with Gasteiger partial charge < -0.3 is 15.0 Å². The SMILES string of the molecule is CCOCCN(CC)C(=O)c1ccc(NC)cn1. The van der Waals surface area contributed by atoms with Gasteiger partial charge in [-0.25, -0.2) is 4.98 Å². The monoisotopic (exact) mass is 251 g/mol. The van der Waals surface area contributed by atoms with Crippen molar-refractivity contribution < 1.29 is 9.53 Å². The van der Waals surface area contributed by atoms with Gasteiger partial charge in [0, 0.05) is 26.7 Å². The van der Waals surface area contributed by atoms with E-state index in [-0.39, 0.29) is 5.91 Å². The van der Waals surface area contributed by atoms with E-state index < -0.39 is 0 Å². The first-order valence-electron chi connectivity index (χ1n) is 6.23. The van der Waals surface area contributed by atoms with Gasteiger partial charge in [0.05, 0.1) is 18.5 Å². The van der Waals surface area contributed by atoms with E-state index in [0.29, 0.717) is 32.0 Å². The molecule has 0 atom stereocenters. The summed E-state index contributed by atoms with van der Waals surface area (Å²) >= 11 is 0. The highest BCUT2D eigenvalue weighted by atomic mass is 16.5. The minimum Gasteiger partial charge on any atom is -0.387 e. The van der Waals surface area contributed by atoms with Gasteiger partial charge in [-0.2, -0.15) is 0 Å². The van der Waals surface area contributed by atoms with Crippen LogP contribution in [0, 0.1) is 0 Å². The summed E-state index contributed by atoms with van der Waals surface area (Å²) in [6.45, 7) is 6.37. The van der Waals surface area contributed by atoms with Crippen molar-refractivity contribution in [2.75, 3.05) is 38.7 Å². The number of carbonyl (C=O) groups excluding carboxylic acids is 1. The third-order valence-corrected chi connectivity index (χ3v) is 2.65. The van der Waals surface area contributed by atoms with Gasteiger partial charge in [-0.15, -0.1) is 0 Å². The summed E-state index contributed by atoms with van der Waals surface area (Å²) in [5.41, 5.74) is 1.36. The molecule has 1 N–H and O–H groups in total. The van der Waals surface area contributed by atoms with E-state index >= 15 is 0 Å². The maximum absolute atomic E-state index is 12.2. The molecule has 0 fully saturated rings. The van der Waals surface area contributed by atoms with Crippen LogP contribution in [0.15, 0.2) is 18.3 Å². The fraction of sp³-hybridized carbons (Fsp3) is 0.538. The van der Waals surface area contributed by atoms with Crippen molar-refractivity contribution in [1.82, 2.24) is 9.88 Å². The molecule has 100 valence electrons. The number of pyridine rings is 1. The number of likely N-dealkylation sites (N-methyl/N-ethyl adjacent to an activating group) is 1. The van der Waals surface area contributed by atoms with Crippen LogP contribution in [-0.4, -0.2) is 49.1 Å². The molecule has 1 rings (SSSR count). The first-order valence-corrected chi connectivity index (χ1v) is 6.23. The van der Waals surface area contributed by atoms with Crippen LogP contribution in [0.25, 0.3) is 0 Å². The number of carbonyl (C=O) groups is 1.